The average Bonchev–Trinajstić information content (AvgIpc) is 2.40. The molecule has 3 nitrogen and oxygen atoms in total. The first-order valence-electron chi connectivity index (χ1n) is 5.25. The molecule has 0 unspecified atom stereocenters. The van der Waals surface area contributed by atoms with Gasteiger partial charge in [-0.3, -0.25) is 4.79 Å². The van der Waals surface area contributed by atoms with E-state index in [9.17, 15) is 4.79 Å². The zero-order chi connectivity index (χ0) is 10.8. The van der Waals surface area contributed by atoms with Crippen LogP contribution in [0.25, 0.3) is 0 Å². The number of amides is 1. The van der Waals surface area contributed by atoms with Crippen molar-refractivity contribution in [1.82, 2.24) is 0 Å². The SMILES string of the molecule is CCc1cccc2c1OCCC(=O)N2C. The van der Waals surface area contributed by atoms with Crippen LogP contribution in [0.5, 0.6) is 5.75 Å². The Hall–Kier alpha value is -1.51. The van der Waals surface area contributed by atoms with Gasteiger partial charge in [0.1, 0.15) is 5.75 Å². The standard InChI is InChI=1S/C12H15NO2/c1-3-9-5-4-6-10-12(9)15-8-7-11(14)13(10)2/h4-6H,3,7-8H2,1-2H3. The number of hydrogen-bond donors (Lipinski definition) is 0. The minimum Gasteiger partial charge on any atom is -0.491 e. The molecule has 15 heavy (non-hydrogen) atoms. The van der Waals surface area contributed by atoms with Crippen LogP contribution in [0.15, 0.2) is 18.2 Å². The van der Waals surface area contributed by atoms with Crippen LogP contribution in [-0.2, 0) is 11.2 Å². The van der Waals surface area contributed by atoms with Crippen LogP contribution in [0.1, 0.15) is 18.9 Å². The topological polar surface area (TPSA) is 29.5 Å². The number of anilines is 1. The summed E-state index contributed by atoms with van der Waals surface area (Å²) in [6.45, 7) is 2.57. The normalized spacial score (nSPS) is 15.6. The highest BCUT2D eigenvalue weighted by atomic mass is 16.5. The third kappa shape index (κ3) is 1.69. The number of rotatable bonds is 1. The number of fused-ring (bicyclic) bond motifs is 1. The van der Waals surface area contributed by atoms with Gasteiger partial charge in [0.15, 0.2) is 0 Å². The summed E-state index contributed by atoms with van der Waals surface area (Å²) in [5, 5.41) is 0. The first kappa shape index (κ1) is 10.0. The minimum atomic E-state index is 0.113. The van der Waals surface area contributed by atoms with Gasteiger partial charge < -0.3 is 9.64 Å². The van der Waals surface area contributed by atoms with Crippen molar-refractivity contribution in [3.63, 3.8) is 0 Å². The molecule has 0 saturated carbocycles. The van der Waals surface area contributed by atoms with E-state index in [-0.39, 0.29) is 5.91 Å². The molecule has 1 amide bonds. The summed E-state index contributed by atoms with van der Waals surface area (Å²) in [4.78, 5) is 13.3. The zero-order valence-electron chi connectivity index (χ0n) is 9.12. The van der Waals surface area contributed by atoms with E-state index in [1.165, 1.54) is 0 Å². The number of aryl methyl sites for hydroxylation is 1. The molecule has 0 saturated heterocycles. The highest BCUT2D eigenvalue weighted by Crippen LogP contribution is 2.34. The van der Waals surface area contributed by atoms with Crippen molar-refractivity contribution in [2.24, 2.45) is 0 Å². The summed E-state index contributed by atoms with van der Waals surface area (Å²) >= 11 is 0. The maximum absolute atomic E-state index is 11.6. The van der Waals surface area contributed by atoms with Gasteiger partial charge in [0.05, 0.1) is 18.7 Å². The quantitative estimate of drug-likeness (QED) is 0.701. The molecule has 0 atom stereocenters. The molecule has 1 aromatic rings. The smallest absolute Gasteiger partial charge is 0.230 e. The van der Waals surface area contributed by atoms with Gasteiger partial charge in [-0.2, -0.15) is 0 Å². The Morgan fingerprint density at radius 3 is 3.00 bits per heavy atom. The summed E-state index contributed by atoms with van der Waals surface area (Å²) in [6.07, 6.45) is 1.37. The summed E-state index contributed by atoms with van der Waals surface area (Å²) in [5.41, 5.74) is 2.05. The molecular formula is C12H15NO2. The molecule has 80 valence electrons. The summed E-state index contributed by atoms with van der Waals surface area (Å²) in [6, 6.07) is 5.94. The molecule has 0 aliphatic carbocycles. The first-order chi connectivity index (χ1) is 7.24. The maximum Gasteiger partial charge on any atom is 0.230 e. The second-order valence-corrected chi connectivity index (χ2v) is 3.67. The molecule has 1 heterocycles. The van der Waals surface area contributed by atoms with Crippen LogP contribution in [0.4, 0.5) is 5.69 Å². The van der Waals surface area contributed by atoms with Gasteiger partial charge in [0.25, 0.3) is 0 Å². The number of benzene rings is 1. The Morgan fingerprint density at radius 2 is 2.27 bits per heavy atom. The molecule has 1 aromatic carbocycles. The number of carbonyl (C=O) groups is 1. The minimum absolute atomic E-state index is 0.113. The van der Waals surface area contributed by atoms with E-state index in [1.807, 2.05) is 18.2 Å². The predicted molar refractivity (Wildman–Crippen MR) is 59.3 cm³/mol. The van der Waals surface area contributed by atoms with E-state index in [1.54, 1.807) is 11.9 Å². The van der Waals surface area contributed by atoms with Gasteiger partial charge >= 0.3 is 0 Å². The van der Waals surface area contributed by atoms with Gasteiger partial charge in [0.2, 0.25) is 5.91 Å². The van der Waals surface area contributed by atoms with E-state index < -0.39 is 0 Å². The first-order valence-corrected chi connectivity index (χ1v) is 5.25. The van der Waals surface area contributed by atoms with Gasteiger partial charge in [-0.1, -0.05) is 19.1 Å². The van der Waals surface area contributed by atoms with Crippen LogP contribution in [0.2, 0.25) is 0 Å². The summed E-state index contributed by atoms with van der Waals surface area (Å²) < 4.78 is 5.65. The number of para-hydroxylation sites is 1. The highest BCUT2D eigenvalue weighted by Gasteiger charge is 2.21. The molecule has 1 aliphatic heterocycles. The third-order valence-corrected chi connectivity index (χ3v) is 2.75. The zero-order valence-corrected chi connectivity index (χ0v) is 9.12. The lowest BCUT2D eigenvalue weighted by atomic mass is 10.1. The van der Waals surface area contributed by atoms with E-state index in [4.69, 9.17) is 4.74 Å². The monoisotopic (exact) mass is 205 g/mol. The van der Waals surface area contributed by atoms with Gasteiger partial charge in [0, 0.05) is 7.05 Å². The van der Waals surface area contributed by atoms with Gasteiger partial charge in [-0.05, 0) is 18.1 Å². The van der Waals surface area contributed by atoms with Crippen molar-refractivity contribution < 1.29 is 9.53 Å². The van der Waals surface area contributed by atoms with Crippen molar-refractivity contribution in [1.29, 1.82) is 0 Å². The lowest BCUT2D eigenvalue weighted by Gasteiger charge is -2.17. The third-order valence-electron chi connectivity index (χ3n) is 2.75. The van der Waals surface area contributed by atoms with Crippen LogP contribution < -0.4 is 9.64 Å². The average molecular weight is 205 g/mol. The molecular weight excluding hydrogens is 190 g/mol. The number of hydrogen-bond acceptors (Lipinski definition) is 2. The lowest BCUT2D eigenvalue weighted by Crippen LogP contribution is -2.25. The molecule has 0 fully saturated rings. The number of carbonyl (C=O) groups excluding carboxylic acids is 1. The number of nitrogens with zero attached hydrogens (tertiary/aromatic N) is 1. The second-order valence-electron chi connectivity index (χ2n) is 3.67. The molecule has 2 rings (SSSR count). The van der Waals surface area contributed by atoms with Crippen molar-refractivity contribution >= 4 is 11.6 Å². The number of ether oxygens (including phenoxy) is 1. The van der Waals surface area contributed by atoms with Crippen LogP contribution >= 0.6 is 0 Å². The largest absolute Gasteiger partial charge is 0.491 e. The molecule has 3 heteroatoms. The lowest BCUT2D eigenvalue weighted by molar-refractivity contribution is -0.118. The predicted octanol–water partition coefficient (Wildman–Crippen LogP) is 1.99. The highest BCUT2D eigenvalue weighted by molar-refractivity contribution is 5.95. The van der Waals surface area contributed by atoms with Crippen molar-refractivity contribution in [2.45, 2.75) is 19.8 Å². The Morgan fingerprint density at radius 1 is 1.47 bits per heavy atom. The Kier molecular flexibility index (Phi) is 2.62. The van der Waals surface area contributed by atoms with Crippen molar-refractivity contribution in [3.8, 4) is 5.75 Å². The van der Waals surface area contributed by atoms with E-state index in [2.05, 4.69) is 6.92 Å². The fraction of sp³-hybridized carbons (Fsp3) is 0.417. The van der Waals surface area contributed by atoms with E-state index >= 15 is 0 Å². The molecule has 0 bridgehead atoms. The Balaban J connectivity index is 2.51. The Labute approximate surface area is 89.7 Å². The fourth-order valence-corrected chi connectivity index (χ4v) is 1.82. The molecule has 0 N–H and O–H groups in total. The summed E-state index contributed by atoms with van der Waals surface area (Å²) in [5.74, 6) is 0.982. The summed E-state index contributed by atoms with van der Waals surface area (Å²) in [7, 11) is 1.80. The van der Waals surface area contributed by atoms with Gasteiger partial charge in [-0.15, -0.1) is 0 Å². The molecule has 0 spiro atoms. The van der Waals surface area contributed by atoms with Crippen LogP contribution in [0.3, 0.4) is 0 Å². The van der Waals surface area contributed by atoms with Crippen molar-refractivity contribution in [3.05, 3.63) is 23.8 Å². The Bertz CT molecular complexity index is 387. The van der Waals surface area contributed by atoms with E-state index in [0.29, 0.717) is 13.0 Å². The maximum atomic E-state index is 11.6. The van der Waals surface area contributed by atoms with Crippen LogP contribution in [0, 0.1) is 0 Å². The fourth-order valence-electron chi connectivity index (χ4n) is 1.82. The molecule has 0 aromatic heterocycles. The van der Waals surface area contributed by atoms with Crippen molar-refractivity contribution in [2.75, 3.05) is 18.6 Å². The van der Waals surface area contributed by atoms with E-state index in [0.717, 1.165) is 23.4 Å². The second kappa shape index (κ2) is 3.93. The molecule has 1 aliphatic rings. The molecule has 0 radical (unpaired) electrons. The van der Waals surface area contributed by atoms with Crippen LogP contribution in [-0.4, -0.2) is 19.6 Å². The van der Waals surface area contributed by atoms with Gasteiger partial charge in [-0.25, -0.2) is 0 Å².